The quantitative estimate of drug-likeness (QED) is 0.0906. The minimum atomic E-state index is 0.638. The van der Waals surface area contributed by atoms with Gasteiger partial charge in [-0.05, 0) is 173 Å². The first kappa shape index (κ1) is 48.3. The lowest BCUT2D eigenvalue weighted by Crippen LogP contribution is -2.05. The summed E-state index contributed by atoms with van der Waals surface area (Å²) in [6, 6.07) is 73.6. The molecule has 75 heavy (non-hydrogen) atoms. The normalized spacial score (nSPS) is 11.7. The van der Waals surface area contributed by atoms with Crippen LogP contribution in [-0.2, 0) is 19.3 Å². The van der Waals surface area contributed by atoms with Crippen molar-refractivity contribution in [3.63, 3.8) is 0 Å². The number of unbranched alkanes of at least 4 members (excludes halogenated alkanes) is 3. The number of rotatable bonds is 16. The molecule has 6 heteroatoms. The van der Waals surface area contributed by atoms with Crippen LogP contribution in [0.5, 0.6) is 0 Å². The molecule has 0 saturated carbocycles. The number of hydrogen-bond acceptors (Lipinski definition) is 3. The summed E-state index contributed by atoms with van der Waals surface area (Å²) >= 11 is 2.47. The molecule has 0 atom stereocenters. The Morgan fingerprint density at radius 1 is 0.333 bits per heavy atom. The number of benzene rings is 9. The Labute approximate surface area is 454 Å². The van der Waals surface area contributed by atoms with Crippen molar-refractivity contribution in [2.45, 2.75) is 78.6 Å². The topological polar surface area (TPSA) is 48.5 Å². The van der Waals surface area contributed by atoms with Crippen LogP contribution in [0.1, 0.15) is 76.0 Å². The van der Waals surface area contributed by atoms with E-state index in [1.807, 2.05) is 0 Å². The number of nitrogens with zero attached hydrogens (tertiary/aromatic N) is 5. The predicted octanol–water partition coefficient (Wildman–Crippen LogP) is 19.0. The van der Waals surface area contributed by atoms with Crippen LogP contribution in [0.2, 0.25) is 0 Å². The summed E-state index contributed by atoms with van der Waals surface area (Å²) in [6.07, 6.45) is 9.84. The van der Waals surface area contributed by atoms with Gasteiger partial charge in [-0.1, -0.05) is 161 Å². The molecule has 0 radical (unpaired) electrons. The van der Waals surface area contributed by atoms with Gasteiger partial charge in [-0.3, -0.25) is 0 Å². The van der Waals surface area contributed by atoms with Gasteiger partial charge in [-0.15, -0.1) is 0 Å². The smallest absolute Gasteiger partial charge is 0.166 e. The Morgan fingerprint density at radius 2 is 0.800 bits per heavy atom. The summed E-state index contributed by atoms with van der Waals surface area (Å²) in [5.41, 5.74) is 18.2. The third-order valence-corrected chi connectivity index (χ3v) is 15.5. The fourth-order valence-electron chi connectivity index (χ4n) is 11.2. The molecule has 0 unspecified atom stereocenters. The van der Waals surface area contributed by atoms with Gasteiger partial charge < -0.3 is 9.13 Å². The van der Waals surface area contributed by atoms with Gasteiger partial charge in [0, 0.05) is 47.4 Å². The Morgan fingerprint density at radius 3 is 1.40 bits per heavy atom. The van der Waals surface area contributed by atoms with Gasteiger partial charge in [0.1, 0.15) is 0 Å². The maximum Gasteiger partial charge on any atom is 0.166 e. The third kappa shape index (κ3) is 9.46. The standard InChI is InChI=1S/C69H60IN5/c1-4-7-21-46-38-47(22-8-5-2)40-52(39-46)67-71-68(53-41-48(23-9-6-3)42-54(70)43-53)73-69(72-67)60-45-51(35-37-66(60)75-62-31-18-14-27-56(62)57-28-15-19-32-63(57)75)55-26-13-17-30-61(55)74-64-33-20-16-29-58(64)59-44-50(34-36-65(59)74)49-24-11-10-12-25-49/h10-20,24-45H,4-9,21-23H2,1-3H3. The zero-order valence-electron chi connectivity index (χ0n) is 43.0. The highest BCUT2D eigenvalue weighted by Gasteiger charge is 2.23. The number of aryl methyl sites for hydroxylation is 3. The van der Waals surface area contributed by atoms with Gasteiger partial charge in [0.05, 0.1) is 33.4 Å². The molecule has 12 aromatic rings. The van der Waals surface area contributed by atoms with Crippen LogP contribution < -0.4 is 0 Å². The van der Waals surface area contributed by atoms with Gasteiger partial charge in [0.15, 0.2) is 17.5 Å². The van der Waals surface area contributed by atoms with Crippen molar-refractivity contribution in [3.05, 3.63) is 220 Å². The first-order valence-corrected chi connectivity index (χ1v) is 28.0. The van der Waals surface area contributed by atoms with Crippen LogP contribution in [0.4, 0.5) is 0 Å². The molecule has 9 aromatic carbocycles. The first-order chi connectivity index (χ1) is 37.0. The maximum absolute atomic E-state index is 5.65. The fourth-order valence-corrected chi connectivity index (χ4v) is 12.0. The molecule has 0 aliphatic heterocycles. The van der Waals surface area contributed by atoms with Gasteiger partial charge >= 0.3 is 0 Å². The molecule has 368 valence electrons. The van der Waals surface area contributed by atoms with Crippen LogP contribution >= 0.6 is 22.6 Å². The highest BCUT2D eigenvalue weighted by atomic mass is 127. The van der Waals surface area contributed by atoms with E-state index in [4.69, 9.17) is 15.0 Å². The molecule has 0 saturated heterocycles. The lowest BCUT2D eigenvalue weighted by atomic mass is 9.97. The average Bonchev–Trinajstić information content (AvgIpc) is 3.99. The van der Waals surface area contributed by atoms with Crippen molar-refractivity contribution < 1.29 is 0 Å². The molecule has 3 heterocycles. The monoisotopic (exact) mass is 1090 g/mol. The Bertz CT molecular complexity index is 3970. The zero-order valence-corrected chi connectivity index (χ0v) is 45.2. The Hall–Kier alpha value is -7.68. The molecule has 0 amide bonds. The number of aromatic nitrogens is 5. The van der Waals surface area contributed by atoms with Crippen molar-refractivity contribution in [2.75, 3.05) is 0 Å². The second-order valence-corrected chi connectivity index (χ2v) is 21.3. The molecule has 5 nitrogen and oxygen atoms in total. The van der Waals surface area contributed by atoms with Gasteiger partial charge in [0.2, 0.25) is 0 Å². The second kappa shape index (κ2) is 21.3. The largest absolute Gasteiger partial charge is 0.309 e. The summed E-state index contributed by atoms with van der Waals surface area (Å²) in [5.74, 6) is 2.01. The van der Waals surface area contributed by atoms with Crippen LogP contribution in [0.15, 0.2) is 200 Å². The van der Waals surface area contributed by atoms with Gasteiger partial charge in [-0.25, -0.2) is 15.0 Å². The zero-order chi connectivity index (χ0) is 50.8. The average molecular weight is 1090 g/mol. The summed E-state index contributed by atoms with van der Waals surface area (Å²) in [4.78, 5) is 16.7. The van der Waals surface area contributed by atoms with Crippen LogP contribution in [0.25, 0.3) is 111 Å². The molecule has 0 N–H and O–H groups in total. The molecular weight excluding hydrogens is 1030 g/mol. The number of hydrogen-bond donors (Lipinski definition) is 0. The van der Waals surface area contributed by atoms with Crippen molar-refractivity contribution in [3.8, 4) is 67.8 Å². The molecule has 0 fully saturated rings. The van der Waals surface area contributed by atoms with Crippen LogP contribution in [0, 0.1) is 3.57 Å². The molecule has 12 rings (SSSR count). The predicted molar refractivity (Wildman–Crippen MR) is 324 cm³/mol. The maximum atomic E-state index is 5.65. The van der Waals surface area contributed by atoms with Gasteiger partial charge in [-0.2, -0.15) is 0 Å². The minimum Gasteiger partial charge on any atom is -0.309 e. The van der Waals surface area contributed by atoms with Crippen LogP contribution in [-0.4, -0.2) is 24.1 Å². The Balaban J connectivity index is 1.13. The molecule has 0 aliphatic rings. The van der Waals surface area contributed by atoms with E-state index in [0.717, 1.165) is 119 Å². The van der Waals surface area contributed by atoms with Crippen LogP contribution in [0.3, 0.4) is 0 Å². The first-order valence-electron chi connectivity index (χ1n) is 27.0. The second-order valence-electron chi connectivity index (χ2n) is 20.1. The van der Waals surface area contributed by atoms with Gasteiger partial charge in [0.25, 0.3) is 0 Å². The molecule has 0 aliphatic carbocycles. The summed E-state index contributed by atoms with van der Waals surface area (Å²) < 4.78 is 6.04. The molecule has 0 spiro atoms. The van der Waals surface area contributed by atoms with E-state index >= 15 is 0 Å². The van der Waals surface area contributed by atoms with E-state index in [0.29, 0.717) is 17.5 Å². The van der Waals surface area contributed by atoms with E-state index in [9.17, 15) is 0 Å². The minimum absolute atomic E-state index is 0.638. The summed E-state index contributed by atoms with van der Waals surface area (Å²) in [5, 5.41) is 4.85. The lowest BCUT2D eigenvalue weighted by molar-refractivity contribution is 0.780. The summed E-state index contributed by atoms with van der Waals surface area (Å²) in [7, 11) is 0. The number of halogens is 1. The number of fused-ring (bicyclic) bond motifs is 6. The van der Waals surface area contributed by atoms with E-state index in [1.165, 1.54) is 52.9 Å². The van der Waals surface area contributed by atoms with Crippen molar-refractivity contribution in [1.29, 1.82) is 0 Å². The highest BCUT2D eigenvalue weighted by Crippen LogP contribution is 2.42. The van der Waals surface area contributed by atoms with Crippen molar-refractivity contribution >= 4 is 66.2 Å². The highest BCUT2D eigenvalue weighted by molar-refractivity contribution is 14.1. The number of para-hydroxylation sites is 4. The van der Waals surface area contributed by atoms with E-state index in [2.05, 4.69) is 253 Å². The molecule has 3 aromatic heterocycles. The van der Waals surface area contributed by atoms with E-state index in [1.54, 1.807) is 0 Å². The van der Waals surface area contributed by atoms with E-state index in [-0.39, 0.29) is 0 Å². The fraction of sp³-hybridized carbons (Fsp3) is 0.174. The summed E-state index contributed by atoms with van der Waals surface area (Å²) in [6.45, 7) is 6.80. The Kier molecular flexibility index (Phi) is 13.7. The SMILES string of the molecule is CCCCc1cc(I)cc(-c2nc(-c3cc(CCCC)cc(CCCC)c3)nc(-c3cc(-c4ccccc4-n4c5ccccc5c5cc(-c6ccccc6)ccc54)ccc3-n3c4ccccc4c4ccccc43)n2)c1. The van der Waals surface area contributed by atoms with E-state index < -0.39 is 0 Å². The van der Waals surface area contributed by atoms with Crippen molar-refractivity contribution in [1.82, 2.24) is 24.1 Å². The molecular formula is C69H60IN5. The molecule has 0 bridgehead atoms. The van der Waals surface area contributed by atoms with Crippen molar-refractivity contribution in [2.24, 2.45) is 0 Å². The lowest BCUT2D eigenvalue weighted by Gasteiger charge is -2.18. The third-order valence-electron chi connectivity index (χ3n) is 14.9.